The number of likely N-dealkylation sites (tertiary alicyclic amines) is 1. The Morgan fingerprint density at radius 3 is 2.81 bits per heavy atom. The molecule has 140 valence electrons. The van der Waals surface area contributed by atoms with Crippen LogP contribution in [0.3, 0.4) is 0 Å². The molecule has 0 spiro atoms. The third-order valence-corrected chi connectivity index (χ3v) is 6.67. The van der Waals surface area contributed by atoms with Crippen molar-refractivity contribution in [2.24, 2.45) is 5.92 Å². The van der Waals surface area contributed by atoms with Crippen molar-refractivity contribution >= 4 is 35.2 Å². The first-order valence-electron chi connectivity index (χ1n) is 9.15. The summed E-state index contributed by atoms with van der Waals surface area (Å²) in [6.07, 6.45) is 1.18. The fourth-order valence-corrected chi connectivity index (χ4v) is 5.04. The van der Waals surface area contributed by atoms with E-state index >= 15 is 0 Å². The number of fused-ring (bicyclic) bond motifs is 1. The molecule has 2 atom stereocenters. The van der Waals surface area contributed by atoms with Gasteiger partial charge in [-0.25, -0.2) is 0 Å². The van der Waals surface area contributed by atoms with Gasteiger partial charge < -0.3 is 10.2 Å². The van der Waals surface area contributed by atoms with Gasteiger partial charge in [0.05, 0.1) is 12.0 Å². The summed E-state index contributed by atoms with van der Waals surface area (Å²) in [6.45, 7) is 0.893. The van der Waals surface area contributed by atoms with Crippen LogP contribution in [0.25, 0.3) is 0 Å². The molecule has 6 heteroatoms. The van der Waals surface area contributed by atoms with Crippen LogP contribution in [0, 0.1) is 5.92 Å². The number of nitrogens with zero attached hydrogens (tertiary/aromatic N) is 1. The standard InChI is InChI=1S/C21H21ClN2O2S/c22-17-7-3-1-5-14(17)12-24-13-15(11-20(24)25)21(26)23-18-9-10-27-19-8-4-2-6-16(18)19/h1-8,15,18H,9-13H2,(H,23,26)/t15-,18-/m0/s1. The summed E-state index contributed by atoms with van der Waals surface area (Å²) in [6, 6.07) is 15.8. The van der Waals surface area contributed by atoms with E-state index in [1.54, 1.807) is 4.90 Å². The summed E-state index contributed by atoms with van der Waals surface area (Å²) < 4.78 is 0. The van der Waals surface area contributed by atoms with E-state index in [1.807, 2.05) is 48.2 Å². The third kappa shape index (κ3) is 3.99. The summed E-state index contributed by atoms with van der Waals surface area (Å²) in [5, 5.41) is 3.82. The lowest BCUT2D eigenvalue weighted by Crippen LogP contribution is -2.36. The van der Waals surface area contributed by atoms with Gasteiger partial charge in [0, 0.05) is 35.2 Å². The lowest BCUT2D eigenvalue weighted by Gasteiger charge is -2.27. The highest BCUT2D eigenvalue weighted by atomic mass is 35.5. The van der Waals surface area contributed by atoms with Crippen LogP contribution in [-0.2, 0) is 16.1 Å². The molecular formula is C21H21ClN2O2S. The number of hydrogen-bond donors (Lipinski definition) is 1. The van der Waals surface area contributed by atoms with E-state index in [2.05, 4.69) is 17.4 Å². The molecule has 0 aliphatic carbocycles. The number of carbonyl (C=O) groups excluding carboxylic acids is 2. The molecule has 2 heterocycles. The molecule has 1 saturated heterocycles. The molecule has 27 heavy (non-hydrogen) atoms. The van der Waals surface area contributed by atoms with Crippen molar-refractivity contribution in [1.29, 1.82) is 0 Å². The van der Waals surface area contributed by atoms with Crippen molar-refractivity contribution < 1.29 is 9.59 Å². The maximum Gasteiger partial charge on any atom is 0.225 e. The molecule has 0 aromatic heterocycles. The molecule has 4 rings (SSSR count). The van der Waals surface area contributed by atoms with Gasteiger partial charge in [-0.3, -0.25) is 9.59 Å². The second-order valence-corrected chi connectivity index (χ2v) is 8.55. The van der Waals surface area contributed by atoms with Crippen LogP contribution in [0.2, 0.25) is 5.02 Å². The number of carbonyl (C=O) groups is 2. The van der Waals surface area contributed by atoms with E-state index in [0.717, 1.165) is 17.7 Å². The topological polar surface area (TPSA) is 49.4 Å². The number of hydrogen-bond acceptors (Lipinski definition) is 3. The molecule has 0 bridgehead atoms. The fraction of sp³-hybridized carbons (Fsp3) is 0.333. The van der Waals surface area contributed by atoms with Gasteiger partial charge in [0.25, 0.3) is 0 Å². The maximum absolute atomic E-state index is 12.8. The molecule has 2 aliphatic heterocycles. The van der Waals surface area contributed by atoms with E-state index in [-0.39, 0.29) is 30.2 Å². The second kappa shape index (κ2) is 7.95. The van der Waals surface area contributed by atoms with Crippen molar-refractivity contribution in [3.63, 3.8) is 0 Å². The molecule has 0 saturated carbocycles. The number of nitrogens with one attached hydrogen (secondary N) is 1. The van der Waals surface area contributed by atoms with Crippen molar-refractivity contribution in [2.75, 3.05) is 12.3 Å². The van der Waals surface area contributed by atoms with Crippen molar-refractivity contribution in [3.8, 4) is 0 Å². The molecule has 1 N–H and O–H groups in total. The summed E-state index contributed by atoms with van der Waals surface area (Å²) in [7, 11) is 0. The summed E-state index contributed by atoms with van der Waals surface area (Å²) in [4.78, 5) is 28.2. The molecule has 0 unspecified atom stereocenters. The zero-order valence-electron chi connectivity index (χ0n) is 14.9. The molecule has 2 aromatic carbocycles. The lowest BCUT2D eigenvalue weighted by molar-refractivity contribution is -0.129. The first-order valence-corrected chi connectivity index (χ1v) is 10.5. The van der Waals surface area contributed by atoms with E-state index in [9.17, 15) is 9.59 Å². The minimum atomic E-state index is -0.304. The quantitative estimate of drug-likeness (QED) is 0.842. The van der Waals surface area contributed by atoms with Gasteiger partial charge in [-0.05, 0) is 29.7 Å². The highest BCUT2D eigenvalue weighted by molar-refractivity contribution is 7.99. The first kappa shape index (κ1) is 18.4. The highest BCUT2D eigenvalue weighted by Crippen LogP contribution is 2.36. The van der Waals surface area contributed by atoms with Gasteiger partial charge in [-0.2, -0.15) is 0 Å². The minimum Gasteiger partial charge on any atom is -0.349 e. The Morgan fingerprint density at radius 2 is 1.96 bits per heavy atom. The Balaban J connectivity index is 1.41. The monoisotopic (exact) mass is 400 g/mol. The van der Waals surface area contributed by atoms with E-state index < -0.39 is 0 Å². The zero-order valence-corrected chi connectivity index (χ0v) is 16.4. The van der Waals surface area contributed by atoms with Crippen molar-refractivity contribution in [2.45, 2.75) is 30.3 Å². The molecule has 2 amide bonds. The maximum atomic E-state index is 12.8. The SMILES string of the molecule is O=C(N[C@H]1CCSc2ccccc21)[C@H]1CC(=O)N(Cc2ccccc2Cl)C1. The predicted octanol–water partition coefficient (Wildman–Crippen LogP) is 4.04. The largest absolute Gasteiger partial charge is 0.349 e. The Bertz CT molecular complexity index is 873. The van der Waals surface area contributed by atoms with Crippen LogP contribution >= 0.6 is 23.4 Å². The van der Waals surface area contributed by atoms with Crippen LogP contribution in [-0.4, -0.2) is 29.0 Å². The number of halogens is 1. The van der Waals surface area contributed by atoms with Crippen LogP contribution in [0.5, 0.6) is 0 Å². The zero-order chi connectivity index (χ0) is 18.8. The second-order valence-electron chi connectivity index (χ2n) is 7.00. The number of rotatable bonds is 4. The van der Waals surface area contributed by atoms with E-state index in [4.69, 9.17) is 11.6 Å². The molecule has 2 aromatic rings. The summed E-state index contributed by atoms with van der Waals surface area (Å²) >= 11 is 8.04. The van der Waals surface area contributed by atoms with Crippen LogP contribution in [0.15, 0.2) is 53.4 Å². The van der Waals surface area contributed by atoms with Gasteiger partial charge in [0.2, 0.25) is 11.8 Å². The third-order valence-electron chi connectivity index (χ3n) is 5.18. The normalized spacial score (nSPS) is 21.8. The van der Waals surface area contributed by atoms with Gasteiger partial charge in [0.1, 0.15) is 0 Å². The van der Waals surface area contributed by atoms with Gasteiger partial charge in [-0.1, -0.05) is 48.0 Å². The lowest BCUT2D eigenvalue weighted by atomic mass is 10.0. The molecular weight excluding hydrogens is 380 g/mol. The summed E-state index contributed by atoms with van der Waals surface area (Å²) in [5.41, 5.74) is 2.09. The van der Waals surface area contributed by atoms with Gasteiger partial charge in [0.15, 0.2) is 0 Å². The van der Waals surface area contributed by atoms with E-state index in [0.29, 0.717) is 18.1 Å². The fourth-order valence-electron chi connectivity index (χ4n) is 3.71. The highest BCUT2D eigenvalue weighted by Gasteiger charge is 2.35. The van der Waals surface area contributed by atoms with Gasteiger partial charge in [-0.15, -0.1) is 11.8 Å². The van der Waals surface area contributed by atoms with Crippen LogP contribution < -0.4 is 5.32 Å². The number of thioether (sulfide) groups is 1. The smallest absolute Gasteiger partial charge is 0.225 e. The average Bonchev–Trinajstić information content (AvgIpc) is 3.05. The van der Waals surface area contributed by atoms with Gasteiger partial charge >= 0.3 is 0 Å². The molecule has 1 fully saturated rings. The van der Waals surface area contributed by atoms with Crippen molar-refractivity contribution in [1.82, 2.24) is 10.2 Å². The molecule has 4 nitrogen and oxygen atoms in total. The van der Waals surface area contributed by atoms with Crippen molar-refractivity contribution in [3.05, 3.63) is 64.7 Å². The number of amides is 2. The minimum absolute atomic E-state index is 0.00895. The Hall–Kier alpha value is -1.98. The Kier molecular flexibility index (Phi) is 5.41. The first-order chi connectivity index (χ1) is 13.1. The summed E-state index contributed by atoms with van der Waals surface area (Å²) in [5.74, 6) is 0.664. The molecule has 2 aliphatic rings. The Morgan fingerprint density at radius 1 is 1.19 bits per heavy atom. The number of benzene rings is 2. The molecule has 0 radical (unpaired) electrons. The van der Waals surface area contributed by atoms with E-state index in [1.165, 1.54) is 10.5 Å². The predicted molar refractivity (Wildman–Crippen MR) is 108 cm³/mol. The van der Waals surface area contributed by atoms with Crippen LogP contribution in [0.1, 0.15) is 30.0 Å². The van der Waals surface area contributed by atoms with Crippen LogP contribution in [0.4, 0.5) is 0 Å². The Labute approximate surface area is 168 Å². The average molecular weight is 401 g/mol.